The van der Waals surface area contributed by atoms with Crippen molar-refractivity contribution in [3.05, 3.63) is 26.9 Å². The molecule has 150 valence electrons. The van der Waals surface area contributed by atoms with Crippen LogP contribution in [0.5, 0.6) is 5.88 Å². The van der Waals surface area contributed by atoms with E-state index in [0.29, 0.717) is 29.4 Å². The first-order valence-electron chi connectivity index (χ1n) is 8.99. The van der Waals surface area contributed by atoms with E-state index >= 15 is 0 Å². The van der Waals surface area contributed by atoms with Crippen molar-refractivity contribution in [2.75, 3.05) is 13.2 Å². The average molecular weight is 444 g/mol. The van der Waals surface area contributed by atoms with Gasteiger partial charge in [0.2, 0.25) is 5.88 Å². The van der Waals surface area contributed by atoms with Gasteiger partial charge in [0.1, 0.15) is 11.8 Å². The second-order valence-electron chi connectivity index (χ2n) is 7.79. The van der Waals surface area contributed by atoms with E-state index in [2.05, 4.69) is 20.9 Å². The third-order valence-electron chi connectivity index (χ3n) is 4.38. The van der Waals surface area contributed by atoms with Crippen molar-refractivity contribution in [2.45, 2.75) is 58.6 Å². The number of pyridine rings is 1. The molecule has 8 nitrogen and oxygen atoms in total. The molecule has 1 saturated heterocycles. The van der Waals surface area contributed by atoms with Crippen LogP contribution in [0.4, 0.5) is 10.5 Å². The smallest absolute Gasteiger partial charge is 0.410 e. The SMILES string of the molecule is C[C@H]1CC(CCOc2ncc([N+](=O)[O-])cc2Br)CCN1C(=O)OC(C)(C)C. The van der Waals surface area contributed by atoms with Crippen molar-refractivity contribution < 1.29 is 19.2 Å². The summed E-state index contributed by atoms with van der Waals surface area (Å²) in [5, 5.41) is 10.7. The zero-order valence-corrected chi connectivity index (χ0v) is 17.7. The number of aromatic nitrogens is 1. The summed E-state index contributed by atoms with van der Waals surface area (Å²) in [5.74, 6) is 0.787. The molecule has 0 N–H and O–H groups in total. The summed E-state index contributed by atoms with van der Waals surface area (Å²) < 4.78 is 11.6. The number of hydrogen-bond donors (Lipinski definition) is 0. The minimum Gasteiger partial charge on any atom is -0.477 e. The minimum atomic E-state index is -0.499. The molecule has 2 rings (SSSR count). The molecular weight excluding hydrogens is 418 g/mol. The van der Waals surface area contributed by atoms with E-state index < -0.39 is 10.5 Å². The van der Waals surface area contributed by atoms with Crippen molar-refractivity contribution >= 4 is 27.7 Å². The summed E-state index contributed by atoms with van der Waals surface area (Å²) in [7, 11) is 0. The number of rotatable bonds is 5. The van der Waals surface area contributed by atoms with Crippen LogP contribution in [-0.4, -0.2) is 45.7 Å². The summed E-state index contributed by atoms with van der Waals surface area (Å²) in [6.07, 6.45) is 3.53. The van der Waals surface area contributed by atoms with Gasteiger partial charge in [0, 0.05) is 18.7 Å². The molecule has 1 amide bonds. The molecular formula is C18H26BrN3O5. The Labute approximate surface area is 167 Å². The van der Waals surface area contributed by atoms with Gasteiger partial charge in [-0.25, -0.2) is 9.78 Å². The predicted octanol–water partition coefficient (Wildman–Crippen LogP) is 4.56. The Kier molecular flexibility index (Phi) is 7.02. The molecule has 0 radical (unpaired) electrons. The summed E-state index contributed by atoms with van der Waals surface area (Å²) in [4.78, 5) is 28.3. The van der Waals surface area contributed by atoms with Crippen LogP contribution in [0, 0.1) is 16.0 Å². The fraction of sp³-hybridized carbons (Fsp3) is 0.667. The quantitative estimate of drug-likeness (QED) is 0.488. The van der Waals surface area contributed by atoms with Crippen LogP contribution < -0.4 is 4.74 Å². The second kappa shape index (κ2) is 8.86. The molecule has 0 spiro atoms. The first-order valence-corrected chi connectivity index (χ1v) is 9.78. The van der Waals surface area contributed by atoms with Gasteiger partial charge in [-0.1, -0.05) is 0 Å². The fourth-order valence-corrected chi connectivity index (χ4v) is 3.52. The van der Waals surface area contributed by atoms with Gasteiger partial charge in [0.05, 0.1) is 16.0 Å². The zero-order chi connectivity index (χ0) is 20.2. The molecule has 2 heterocycles. The summed E-state index contributed by atoms with van der Waals surface area (Å²) in [6, 6.07) is 1.49. The van der Waals surface area contributed by atoms with Crippen molar-refractivity contribution in [3.63, 3.8) is 0 Å². The lowest BCUT2D eigenvalue weighted by Gasteiger charge is -2.38. The highest BCUT2D eigenvalue weighted by Gasteiger charge is 2.31. The zero-order valence-electron chi connectivity index (χ0n) is 16.1. The van der Waals surface area contributed by atoms with Gasteiger partial charge < -0.3 is 14.4 Å². The summed E-state index contributed by atoms with van der Waals surface area (Å²) >= 11 is 3.25. The Balaban J connectivity index is 1.80. The molecule has 0 aliphatic carbocycles. The number of carbonyl (C=O) groups is 1. The van der Waals surface area contributed by atoms with Crippen molar-refractivity contribution in [1.29, 1.82) is 0 Å². The number of likely N-dealkylation sites (tertiary alicyclic amines) is 1. The minimum absolute atomic E-state index is 0.0856. The second-order valence-corrected chi connectivity index (χ2v) is 8.64. The Morgan fingerprint density at radius 1 is 1.48 bits per heavy atom. The predicted molar refractivity (Wildman–Crippen MR) is 104 cm³/mol. The number of piperidine rings is 1. The Morgan fingerprint density at radius 3 is 2.74 bits per heavy atom. The average Bonchev–Trinajstić information content (AvgIpc) is 2.54. The van der Waals surface area contributed by atoms with E-state index in [0.717, 1.165) is 19.3 Å². The highest BCUT2D eigenvalue weighted by molar-refractivity contribution is 9.10. The summed E-state index contributed by atoms with van der Waals surface area (Å²) in [5.41, 5.74) is -0.579. The molecule has 2 atom stereocenters. The molecule has 1 unspecified atom stereocenters. The molecule has 0 bridgehead atoms. The monoisotopic (exact) mass is 443 g/mol. The topological polar surface area (TPSA) is 94.8 Å². The number of amides is 1. The van der Waals surface area contributed by atoms with E-state index in [-0.39, 0.29) is 17.8 Å². The Hall–Kier alpha value is -1.90. The van der Waals surface area contributed by atoms with Crippen LogP contribution in [-0.2, 0) is 4.74 Å². The first-order chi connectivity index (χ1) is 12.6. The maximum Gasteiger partial charge on any atom is 0.410 e. The number of nitrogens with zero attached hydrogens (tertiary/aromatic N) is 3. The van der Waals surface area contributed by atoms with E-state index in [1.807, 2.05) is 27.7 Å². The van der Waals surface area contributed by atoms with Crippen LogP contribution in [0.25, 0.3) is 0 Å². The third kappa shape index (κ3) is 6.34. The number of carbonyl (C=O) groups excluding carboxylic acids is 1. The fourth-order valence-electron chi connectivity index (χ4n) is 3.07. The molecule has 9 heteroatoms. The van der Waals surface area contributed by atoms with Gasteiger partial charge in [-0.3, -0.25) is 10.1 Å². The van der Waals surface area contributed by atoms with Crippen molar-refractivity contribution in [2.24, 2.45) is 5.92 Å². The largest absolute Gasteiger partial charge is 0.477 e. The standard InChI is InChI=1S/C18H26BrN3O5/c1-12-9-13(5-7-21(12)17(23)27-18(2,3)4)6-8-26-16-15(19)10-14(11-20-16)22(24)25/h10-13H,5-9H2,1-4H3/t12-,13?/m0/s1. The molecule has 0 aromatic carbocycles. The van der Waals surface area contributed by atoms with Crippen LogP contribution in [0.2, 0.25) is 0 Å². The van der Waals surface area contributed by atoms with Crippen molar-refractivity contribution in [3.8, 4) is 5.88 Å². The van der Waals surface area contributed by atoms with Crippen LogP contribution in [0.15, 0.2) is 16.7 Å². The van der Waals surface area contributed by atoms with Crippen LogP contribution in [0.3, 0.4) is 0 Å². The lowest BCUT2D eigenvalue weighted by molar-refractivity contribution is -0.385. The highest BCUT2D eigenvalue weighted by Crippen LogP contribution is 2.29. The lowest BCUT2D eigenvalue weighted by Crippen LogP contribution is -2.46. The van der Waals surface area contributed by atoms with E-state index in [1.165, 1.54) is 12.3 Å². The van der Waals surface area contributed by atoms with Gasteiger partial charge in [0.25, 0.3) is 5.69 Å². The van der Waals surface area contributed by atoms with Crippen molar-refractivity contribution in [1.82, 2.24) is 9.88 Å². The maximum absolute atomic E-state index is 12.3. The Bertz CT molecular complexity index is 692. The number of hydrogen-bond acceptors (Lipinski definition) is 6. The van der Waals surface area contributed by atoms with Gasteiger partial charge in [-0.05, 0) is 68.8 Å². The highest BCUT2D eigenvalue weighted by atomic mass is 79.9. The van der Waals surface area contributed by atoms with Crippen LogP contribution in [0.1, 0.15) is 47.0 Å². The van der Waals surface area contributed by atoms with Crippen LogP contribution >= 0.6 is 15.9 Å². The molecule has 1 aliphatic heterocycles. The molecule has 27 heavy (non-hydrogen) atoms. The number of halogens is 1. The van der Waals surface area contributed by atoms with E-state index in [4.69, 9.17) is 9.47 Å². The third-order valence-corrected chi connectivity index (χ3v) is 4.95. The molecule has 0 saturated carbocycles. The number of nitro groups is 1. The van der Waals surface area contributed by atoms with Gasteiger partial charge in [0.15, 0.2) is 0 Å². The van der Waals surface area contributed by atoms with Gasteiger partial charge >= 0.3 is 6.09 Å². The Morgan fingerprint density at radius 2 is 2.19 bits per heavy atom. The lowest BCUT2D eigenvalue weighted by atomic mass is 9.89. The molecule has 1 aliphatic rings. The number of ether oxygens (including phenoxy) is 2. The molecule has 1 fully saturated rings. The molecule has 1 aromatic rings. The maximum atomic E-state index is 12.3. The van der Waals surface area contributed by atoms with Gasteiger partial charge in [-0.2, -0.15) is 0 Å². The summed E-state index contributed by atoms with van der Waals surface area (Å²) in [6.45, 7) is 8.76. The van der Waals surface area contributed by atoms with Gasteiger partial charge in [-0.15, -0.1) is 0 Å². The normalized spacial score (nSPS) is 20.3. The van der Waals surface area contributed by atoms with E-state index in [9.17, 15) is 14.9 Å². The molecule has 1 aromatic heterocycles. The first kappa shape index (κ1) is 21.4. The van der Waals surface area contributed by atoms with E-state index in [1.54, 1.807) is 4.90 Å².